The zero-order chi connectivity index (χ0) is 16.4. The van der Waals surface area contributed by atoms with Crippen LogP contribution in [0.25, 0.3) is 11.6 Å². The quantitative estimate of drug-likeness (QED) is 0.734. The fourth-order valence-electron chi connectivity index (χ4n) is 2.83. The lowest BCUT2D eigenvalue weighted by atomic mass is 10.2. The standard InChI is InChI=1S/C17H17FN4O2/c18-13-3-5-14(6-4-13)22-9-7-21(8-10-22)12-16-19-17(20-24-16)15-2-1-11-23-15/h1-6,11H,7-10,12H2. The lowest BCUT2D eigenvalue weighted by Gasteiger charge is -2.35. The van der Waals surface area contributed by atoms with E-state index in [0.717, 1.165) is 31.9 Å². The second kappa shape index (κ2) is 6.45. The van der Waals surface area contributed by atoms with Crippen LogP contribution in [0.15, 0.2) is 51.6 Å². The second-order valence-electron chi connectivity index (χ2n) is 5.73. The second-order valence-corrected chi connectivity index (χ2v) is 5.73. The van der Waals surface area contributed by atoms with Gasteiger partial charge in [0.15, 0.2) is 5.76 Å². The van der Waals surface area contributed by atoms with E-state index in [0.29, 0.717) is 24.0 Å². The molecule has 0 unspecified atom stereocenters. The maximum atomic E-state index is 13.0. The summed E-state index contributed by atoms with van der Waals surface area (Å²) in [6, 6.07) is 10.2. The van der Waals surface area contributed by atoms with Gasteiger partial charge in [-0.25, -0.2) is 4.39 Å². The number of hydrogen-bond donors (Lipinski definition) is 0. The van der Waals surface area contributed by atoms with Gasteiger partial charge >= 0.3 is 0 Å². The van der Waals surface area contributed by atoms with Gasteiger partial charge in [0.1, 0.15) is 5.82 Å². The molecule has 1 fully saturated rings. The smallest absolute Gasteiger partial charge is 0.241 e. The summed E-state index contributed by atoms with van der Waals surface area (Å²) >= 11 is 0. The molecule has 0 radical (unpaired) electrons. The highest BCUT2D eigenvalue weighted by Crippen LogP contribution is 2.19. The van der Waals surface area contributed by atoms with Crippen LogP contribution >= 0.6 is 0 Å². The van der Waals surface area contributed by atoms with Crippen molar-refractivity contribution in [2.45, 2.75) is 6.54 Å². The SMILES string of the molecule is Fc1ccc(N2CCN(Cc3nc(-c4ccco4)no3)CC2)cc1. The van der Waals surface area contributed by atoms with Crippen LogP contribution in [0, 0.1) is 5.82 Å². The molecule has 1 aromatic carbocycles. The first-order valence-corrected chi connectivity index (χ1v) is 7.87. The molecule has 3 heterocycles. The molecule has 6 nitrogen and oxygen atoms in total. The van der Waals surface area contributed by atoms with Gasteiger partial charge in [0.2, 0.25) is 11.7 Å². The molecule has 4 rings (SSSR count). The van der Waals surface area contributed by atoms with Crippen molar-refractivity contribution in [2.24, 2.45) is 0 Å². The first-order valence-electron chi connectivity index (χ1n) is 7.87. The molecular formula is C17H17FN4O2. The Hall–Kier alpha value is -2.67. The number of nitrogens with zero attached hydrogens (tertiary/aromatic N) is 4. The molecule has 3 aromatic rings. The van der Waals surface area contributed by atoms with Crippen molar-refractivity contribution in [1.29, 1.82) is 0 Å². The molecule has 24 heavy (non-hydrogen) atoms. The van der Waals surface area contributed by atoms with Crippen LogP contribution < -0.4 is 4.90 Å². The number of piperazine rings is 1. The minimum absolute atomic E-state index is 0.207. The Labute approximate surface area is 138 Å². The van der Waals surface area contributed by atoms with E-state index < -0.39 is 0 Å². The first-order chi connectivity index (χ1) is 11.8. The van der Waals surface area contributed by atoms with Crippen LogP contribution in [-0.2, 0) is 6.54 Å². The van der Waals surface area contributed by atoms with Crippen molar-refractivity contribution in [2.75, 3.05) is 31.1 Å². The third-order valence-corrected chi connectivity index (χ3v) is 4.13. The van der Waals surface area contributed by atoms with Gasteiger partial charge in [-0.3, -0.25) is 4.90 Å². The summed E-state index contributed by atoms with van der Waals surface area (Å²) in [4.78, 5) is 8.88. The summed E-state index contributed by atoms with van der Waals surface area (Å²) in [5, 5.41) is 3.94. The van der Waals surface area contributed by atoms with E-state index in [1.807, 2.05) is 12.1 Å². The summed E-state index contributed by atoms with van der Waals surface area (Å²) in [6.07, 6.45) is 1.58. The van der Waals surface area contributed by atoms with E-state index in [1.165, 1.54) is 12.1 Å². The number of anilines is 1. The number of aromatic nitrogens is 2. The van der Waals surface area contributed by atoms with Gasteiger partial charge in [-0.05, 0) is 36.4 Å². The van der Waals surface area contributed by atoms with E-state index in [2.05, 4.69) is 19.9 Å². The fraction of sp³-hybridized carbons (Fsp3) is 0.294. The van der Waals surface area contributed by atoms with E-state index >= 15 is 0 Å². The van der Waals surface area contributed by atoms with Gasteiger partial charge in [0, 0.05) is 31.9 Å². The molecular weight excluding hydrogens is 311 g/mol. The molecule has 1 saturated heterocycles. The molecule has 0 amide bonds. The number of hydrogen-bond acceptors (Lipinski definition) is 6. The molecule has 0 atom stereocenters. The summed E-state index contributed by atoms with van der Waals surface area (Å²) in [6.45, 7) is 4.15. The Morgan fingerprint density at radius 1 is 1.04 bits per heavy atom. The van der Waals surface area contributed by atoms with Crippen molar-refractivity contribution in [3.05, 3.63) is 54.4 Å². The van der Waals surface area contributed by atoms with Crippen molar-refractivity contribution in [1.82, 2.24) is 15.0 Å². The first kappa shape index (κ1) is 14.9. The Morgan fingerprint density at radius 2 is 1.83 bits per heavy atom. The average Bonchev–Trinajstić information content (AvgIpc) is 3.28. The Balaban J connectivity index is 1.34. The van der Waals surface area contributed by atoms with Crippen molar-refractivity contribution in [3.8, 4) is 11.6 Å². The van der Waals surface area contributed by atoms with E-state index in [4.69, 9.17) is 8.94 Å². The highest BCUT2D eigenvalue weighted by molar-refractivity contribution is 5.47. The van der Waals surface area contributed by atoms with Gasteiger partial charge in [-0.1, -0.05) is 5.16 Å². The minimum Gasteiger partial charge on any atom is -0.461 e. The van der Waals surface area contributed by atoms with E-state index in [-0.39, 0.29) is 5.82 Å². The van der Waals surface area contributed by atoms with Crippen molar-refractivity contribution < 1.29 is 13.3 Å². The number of furan rings is 1. The molecule has 0 saturated carbocycles. The fourth-order valence-corrected chi connectivity index (χ4v) is 2.83. The third-order valence-electron chi connectivity index (χ3n) is 4.13. The zero-order valence-electron chi connectivity index (χ0n) is 13.1. The normalized spacial score (nSPS) is 15.8. The maximum absolute atomic E-state index is 13.0. The Bertz CT molecular complexity index is 777. The van der Waals surface area contributed by atoms with Crippen LogP contribution in [0.4, 0.5) is 10.1 Å². The van der Waals surface area contributed by atoms with Gasteiger partial charge < -0.3 is 13.8 Å². The highest BCUT2D eigenvalue weighted by atomic mass is 19.1. The van der Waals surface area contributed by atoms with Crippen molar-refractivity contribution >= 4 is 5.69 Å². The van der Waals surface area contributed by atoms with Crippen molar-refractivity contribution in [3.63, 3.8) is 0 Å². The van der Waals surface area contributed by atoms with Gasteiger partial charge in [-0.15, -0.1) is 0 Å². The van der Waals surface area contributed by atoms with Crippen LogP contribution in [0.5, 0.6) is 0 Å². The topological polar surface area (TPSA) is 58.5 Å². The number of rotatable bonds is 4. The average molecular weight is 328 g/mol. The van der Waals surface area contributed by atoms with Crippen LogP contribution in [0.3, 0.4) is 0 Å². The van der Waals surface area contributed by atoms with Crippen LogP contribution in [-0.4, -0.2) is 41.2 Å². The van der Waals surface area contributed by atoms with E-state index in [1.54, 1.807) is 18.4 Å². The van der Waals surface area contributed by atoms with E-state index in [9.17, 15) is 4.39 Å². The molecule has 7 heteroatoms. The predicted molar refractivity (Wildman–Crippen MR) is 85.9 cm³/mol. The predicted octanol–water partition coefficient (Wildman–Crippen LogP) is 2.79. The molecule has 0 N–H and O–H groups in total. The monoisotopic (exact) mass is 328 g/mol. The van der Waals surface area contributed by atoms with Crippen LogP contribution in [0.2, 0.25) is 0 Å². The molecule has 0 bridgehead atoms. The zero-order valence-corrected chi connectivity index (χ0v) is 13.1. The summed E-state index contributed by atoms with van der Waals surface area (Å²) < 4.78 is 23.6. The number of halogens is 1. The molecule has 0 spiro atoms. The van der Waals surface area contributed by atoms with Gasteiger partial charge in [0.25, 0.3) is 0 Å². The van der Waals surface area contributed by atoms with Gasteiger partial charge in [-0.2, -0.15) is 4.98 Å². The molecule has 1 aliphatic rings. The van der Waals surface area contributed by atoms with Crippen LogP contribution in [0.1, 0.15) is 5.89 Å². The largest absolute Gasteiger partial charge is 0.461 e. The van der Waals surface area contributed by atoms with Gasteiger partial charge in [0.05, 0.1) is 12.8 Å². The summed E-state index contributed by atoms with van der Waals surface area (Å²) in [7, 11) is 0. The molecule has 1 aliphatic heterocycles. The maximum Gasteiger partial charge on any atom is 0.241 e. The lowest BCUT2D eigenvalue weighted by molar-refractivity contribution is 0.215. The molecule has 124 valence electrons. The number of benzene rings is 1. The molecule has 2 aromatic heterocycles. The summed E-state index contributed by atoms with van der Waals surface area (Å²) in [5.41, 5.74) is 1.05. The lowest BCUT2D eigenvalue weighted by Crippen LogP contribution is -2.46. The highest BCUT2D eigenvalue weighted by Gasteiger charge is 2.20. The Morgan fingerprint density at radius 3 is 2.54 bits per heavy atom. The third kappa shape index (κ3) is 3.16. The Kier molecular flexibility index (Phi) is 4.00. The summed E-state index contributed by atoms with van der Waals surface area (Å²) in [5.74, 6) is 1.45. The minimum atomic E-state index is -0.207. The molecule has 0 aliphatic carbocycles.